The summed E-state index contributed by atoms with van der Waals surface area (Å²) in [6, 6.07) is 17.6. The fourth-order valence-corrected chi connectivity index (χ4v) is 3.21. The Kier molecular flexibility index (Phi) is 6.89. The van der Waals surface area contributed by atoms with Crippen molar-refractivity contribution in [3.8, 4) is 0 Å². The molecule has 0 aliphatic heterocycles. The quantitative estimate of drug-likeness (QED) is 0.716. The molecule has 0 bridgehead atoms. The van der Waals surface area contributed by atoms with Gasteiger partial charge in [0.2, 0.25) is 0 Å². The maximum Gasteiger partial charge on any atom is 0.321 e. The van der Waals surface area contributed by atoms with Crippen LogP contribution >= 0.6 is 11.8 Å². The Labute approximate surface area is 152 Å². The number of nitrogens with zero attached hydrogens (tertiary/aromatic N) is 1. The van der Waals surface area contributed by atoms with Crippen molar-refractivity contribution in [2.75, 3.05) is 18.9 Å². The SMILES string of the molecule is CC(Sc1ccccc1)c1ccc(NC(=O)N(C)CCC(=O)O)cc1. The van der Waals surface area contributed by atoms with Gasteiger partial charge in [-0.25, -0.2) is 4.79 Å². The summed E-state index contributed by atoms with van der Waals surface area (Å²) in [6.07, 6.45) is -0.0723. The number of carbonyl (C=O) groups excluding carboxylic acids is 1. The van der Waals surface area contributed by atoms with Gasteiger partial charge in [0.25, 0.3) is 0 Å². The summed E-state index contributed by atoms with van der Waals surface area (Å²) in [5, 5.41) is 11.7. The van der Waals surface area contributed by atoms with Crippen molar-refractivity contribution < 1.29 is 14.7 Å². The molecule has 0 saturated carbocycles. The van der Waals surface area contributed by atoms with Crippen LogP contribution in [0.1, 0.15) is 24.2 Å². The number of hydrogen-bond acceptors (Lipinski definition) is 3. The Morgan fingerprint density at radius 1 is 1.12 bits per heavy atom. The molecule has 2 aromatic carbocycles. The number of nitrogens with one attached hydrogen (secondary N) is 1. The highest BCUT2D eigenvalue weighted by Crippen LogP contribution is 2.34. The molecule has 0 aliphatic carbocycles. The summed E-state index contributed by atoms with van der Waals surface area (Å²) >= 11 is 1.78. The number of carbonyl (C=O) groups is 2. The molecule has 2 N–H and O–H groups in total. The highest BCUT2D eigenvalue weighted by Gasteiger charge is 2.11. The monoisotopic (exact) mass is 358 g/mol. The van der Waals surface area contributed by atoms with Crippen molar-refractivity contribution in [3.63, 3.8) is 0 Å². The van der Waals surface area contributed by atoms with Crippen LogP contribution in [0.2, 0.25) is 0 Å². The first-order valence-electron chi connectivity index (χ1n) is 8.01. The predicted octanol–water partition coefficient (Wildman–Crippen LogP) is 4.48. The molecule has 2 amide bonds. The Morgan fingerprint density at radius 3 is 2.36 bits per heavy atom. The maximum absolute atomic E-state index is 12.0. The van der Waals surface area contributed by atoms with Crippen molar-refractivity contribution >= 4 is 29.4 Å². The predicted molar refractivity (Wildman–Crippen MR) is 101 cm³/mol. The van der Waals surface area contributed by atoms with E-state index in [4.69, 9.17) is 5.11 Å². The van der Waals surface area contributed by atoms with E-state index in [1.807, 2.05) is 42.5 Å². The van der Waals surface area contributed by atoms with E-state index >= 15 is 0 Å². The summed E-state index contributed by atoms with van der Waals surface area (Å²) in [6.45, 7) is 2.31. The molecule has 0 saturated heterocycles. The van der Waals surface area contributed by atoms with Gasteiger partial charge in [-0.3, -0.25) is 4.79 Å². The zero-order chi connectivity index (χ0) is 18.2. The first kappa shape index (κ1) is 18.9. The largest absolute Gasteiger partial charge is 0.481 e. The smallest absolute Gasteiger partial charge is 0.321 e. The Bertz CT molecular complexity index is 704. The van der Waals surface area contributed by atoms with E-state index in [0.29, 0.717) is 10.9 Å². The lowest BCUT2D eigenvalue weighted by Gasteiger charge is -2.17. The van der Waals surface area contributed by atoms with Crippen LogP contribution in [0.25, 0.3) is 0 Å². The summed E-state index contributed by atoms with van der Waals surface area (Å²) in [5.74, 6) is -0.922. The molecule has 5 nitrogen and oxygen atoms in total. The number of anilines is 1. The standard InChI is InChI=1S/C19H22N2O3S/c1-14(25-17-6-4-3-5-7-17)15-8-10-16(11-9-15)20-19(24)21(2)13-12-18(22)23/h3-11,14H,12-13H2,1-2H3,(H,20,24)(H,22,23). The van der Waals surface area contributed by atoms with E-state index in [1.54, 1.807) is 18.8 Å². The molecule has 0 spiro atoms. The lowest BCUT2D eigenvalue weighted by Crippen LogP contribution is -2.33. The first-order valence-corrected chi connectivity index (χ1v) is 8.89. The van der Waals surface area contributed by atoms with Crippen LogP contribution < -0.4 is 5.32 Å². The molecule has 0 radical (unpaired) electrons. The Hall–Kier alpha value is -2.47. The number of urea groups is 1. The molecule has 0 aliphatic rings. The summed E-state index contributed by atoms with van der Waals surface area (Å²) in [4.78, 5) is 25.1. The van der Waals surface area contributed by atoms with Crippen molar-refractivity contribution in [2.24, 2.45) is 0 Å². The van der Waals surface area contributed by atoms with Crippen molar-refractivity contribution in [1.29, 1.82) is 0 Å². The average molecular weight is 358 g/mol. The van der Waals surface area contributed by atoms with Gasteiger partial charge in [0, 0.05) is 29.4 Å². The number of rotatable bonds is 7. The molecule has 6 heteroatoms. The molecule has 2 rings (SSSR count). The molecular weight excluding hydrogens is 336 g/mol. The second-order valence-electron chi connectivity index (χ2n) is 5.69. The summed E-state index contributed by atoms with van der Waals surface area (Å²) < 4.78 is 0. The van der Waals surface area contributed by atoms with E-state index in [9.17, 15) is 9.59 Å². The van der Waals surface area contributed by atoms with Crippen molar-refractivity contribution in [2.45, 2.75) is 23.5 Å². The topological polar surface area (TPSA) is 69.6 Å². The number of carboxylic acids is 1. The number of benzene rings is 2. The maximum atomic E-state index is 12.0. The number of hydrogen-bond donors (Lipinski definition) is 2. The lowest BCUT2D eigenvalue weighted by molar-refractivity contribution is -0.137. The van der Waals surface area contributed by atoms with E-state index in [-0.39, 0.29) is 19.0 Å². The van der Waals surface area contributed by atoms with Crippen LogP contribution in [0.3, 0.4) is 0 Å². The van der Waals surface area contributed by atoms with Gasteiger partial charge in [0.15, 0.2) is 0 Å². The molecule has 1 atom stereocenters. The van der Waals surface area contributed by atoms with Crippen molar-refractivity contribution in [3.05, 3.63) is 60.2 Å². The number of amides is 2. The highest BCUT2D eigenvalue weighted by molar-refractivity contribution is 7.99. The zero-order valence-electron chi connectivity index (χ0n) is 14.3. The molecule has 2 aromatic rings. The minimum atomic E-state index is -0.922. The zero-order valence-corrected chi connectivity index (χ0v) is 15.1. The third-order valence-corrected chi connectivity index (χ3v) is 4.87. The molecule has 0 heterocycles. The van der Waals surface area contributed by atoms with Gasteiger partial charge >= 0.3 is 12.0 Å². The van der Waals surface area contributed by atoms with Crippen LogP contribution in [-0.2, 0) is 4.79 Å². The minimum absolute atomic E-state index is 0.0723. The Balaban J connectivity index is 1.90. The van der Waals surface area contributed by atoms with Crippen LogP contribution in [0.4, 0.5) is 10.5 Å². The van der Waals surface area contributed by atoms with Crippen LogP contribution in [-0.4, -0.2) is 35.6 Å². The Morgan fingerprint density at radius 2 is 1.76 bits per heavy atom. The normalized spacial score (nSPS) is 11.6. The van der Waals surface area contributed by atoms with E-state index in [0.717, 1.165) is 0 Å². The molecule has 132 valence electrons. The lowest BCUT2D eigenvalue weighted by atomic mass is 10.1. The number of aliphatic carboxylic acids is 1. The second kappa shape index (κ2) is 9.13. The summed E-state index contributed by atoms with van der Waals surface area (Å²) in [7, 11) is 1.57. The van der Waals surface area contributed by atoms with Gasteiger partial charge in [-0.1, -0.05) is 30.3 Å². The molecular formula is C19H22N2O3S. The summed E-state index contributed by atoms with van der Waals surface area (Å²) in [5.41, 5.74) is 1.86. The van der Waals surface area contributed by atoms with E-state index < -0.39 is 5.97 Å². The van der Waals surface area contributed by atoms with E-state index in [1.165, 1.54) is 15.4 Å². The van der Waals surface area contributed by atoms with Gasteiger partial charge in [0.05, 0.1) is 6.42 Å². The third-order valence-electron chi connectivity index (χ3n) is 3.70. The highest BCUT2D eigenvalue weighted by atomic mass is 32.2. The van der Waals surface area contributed by atoms with Gasteiger partial charge in [0.1, 0.15) is 0 Å². The fraction of sp³-hybridized carbons (Fsp3) is 0.263. The van der Waals surface area contributed by atoms with Gasteiger partial charge < -0.3 is 15.3 Å². The molecule has 0 fully saturated rings. The van der Waals surface area contributed by atoms with Crippen LogP contribution in [0.5, 0.6) is 0 Å². The van der Waals surface area contributed by atoms with Gasteiger partial charge in [-0.15, -0.1) is 11.8 Å². The number of carboxylic acid groups (broad SMARTS) is 1. The van der Waals surface area contributed by atoms with Crippen LogP contribution in [0.15, 0.2) is 59.5 Å². The van der Waals surface area contributed by atoms with Gasteiger partial charge in [-0.05, 0) is 36.8 Å². The van der Waals surface area contributed by atoms with E-state index in [2.05, 4.69) is 24.4 Å². The fourth-order valence-electron chi connectivity index (χ4n) is 2.19. The third kappa shape index (κ3) is 6.15. The first-order chi connectivity index (χ1) is 12.0. The van der Waals surface area contributed by atoms with Crippen molar-refractivity contribution in [1.82, 2.24) is 4.90 Å². The molecule has 1 unspecified atom stereocenters. The van der Waals surface area contributed by atoms with Gasteiger partial charge in [-0.2, -0.15) is 0 Å². The van der Waals surface area contributed by atoms with Crippen LogP contribution in [0, 0.1) is 0 Å². The second-order valence-corrected chi connectivity index (χ2v) is 7.10. The minimum Gasteiger partial charge on any atom is -0.481 e. The average Bonchev–Trinajstić information content (AvgIpc) is 2.61. The molecule has 25 heavy (non-hydrogen) atoms. The number of thioether (sulfide) groups is 1. The molecule has 0 aromatic heterocycles.